The molecule has 3 aromatic rings. The van der Waals surface area contributed by atoms with Gasteiger partial charge in [0, 0.05) is 32.2 Å². The van der Waals surface area contributed by atoms with Crippen molar-refractivity contribution in [1.29, 1.82) is 0 Å². The Hall–Kier alpha value is -1.78. The number of hydrogen-bond donors (Lipinski definition) is 0. The fourth-order valence-corrected chi connectivity index (χ4v) is 5.18. The predicted octanol–water partition coefficient (Wildman–Crippen LogP) is 3.78. The Morgan fingerprint density at radius 2 is 2.00 bits per heavy atom. The molecule has 2 aromatic heterocycles. The number of nitrogens with zero attached hydrogens (tertiary/aromatic N) is 4. The van der Waals surface area contributed by atoms with Crippen LogP contribution in [-0.4, -0.2) is 67.3 Å². The van der Waals surface area contributed by atoms with Crippen LogP contribution in [0.2, 0.25) is 0 Å². The third-order valence-corrected chi connectivity index (χ3v) is 7.02. The van der Waals surface area contributed by atoms with Crippen LogP contribution in [0.15, 0.2) is 18.2 Å². The summed E-state index contributed by atoms with van der Waals surface area (Å²) in [6.45, 7) is 8.42. The highest BCUT2D eigenvalue weighted by atomic mass is 35.5. The molecule has 3 heterocycles. The number of halogens is 1. The van der Waals surface area contributed by atoms with Gasteiger partial charge in [0.1, 0.15) is 10.6 Å². The van der Waals surface area contributed by atoms with E-state index in [2.05, 4.69) is 9.88 Å². The van der Waals surface area contributed by atoms with Gasteiger partial charge in [-0.15, -0.1) is 23.7 Å². The monoisotopic (exact) mass is 468 g/mol. The zero-order valence-electron chi connectivity index (χ0n) is 17.2. The van der Waals surface area contributed by atoms with Gasteiger partial charge in [-0.2, -0.15) is 0 Å². The molecular weight excluding hydrogens is 444 g/mol. The summed E-state index contributed by atoms with van der Waals surface area (Å²) in [5, 5.41) is 1.60. The van der Waals surface area contributed by atoms with Gasteiger partial charge >= 0.3 is 0 Å². The highest BCUT2D eigenvalue weighted by molar-refractivity contribution is 7.22. The molecule has 10 heteroatoms. The van der Waals surface area contributed by atoms with Crippen LogP contribution < -0.4 is 9.64 Å². The van der Waals surface area contributed by atoms with Crippen LogP contribution in [0.25, 0.3) is 10.2 Å². The van der Waals surface area contributed by atoms with Crippen molar-refractivity contribution in [3.05, 3.63) is 33.8 Å². The number of ether oxygens (including phenoxy) is 2. The molecule has 1 aromatic carbocycles. The molecule has 30 heavy (non-hydrogen) atoms. The number of hydrogen-bond acceptors (Lipinski definition) is 8. The van der Waals surface area contributed by atoms with E-state index >= 15 is 0 Å². The number of carbonyl (C=O) groups is 1. The first-order chi connectivity index (χ1) is 14.0. The van der Waals surface area contributed by atoms with Crippen molar-refractivity contribution >= 4 is 56.3 Å². The zero-order valence-corrected chi connectivity index (χ0v) is 19.7. The Kier molecular flexibility index (Phi) is 7.65. The third-order valence-electron chi connectivity index (χ3n) is 4.90. The van der Waals surface area contributed by atoms with Crippen LogP contribution in [0.3, 0.4) is 0 Å². The first kappa shape index (κ1) is 22.9. The summed E-state index contributed by atoms with van der Waals surface area (Å²) in [5.41, 5.74) is 1.61. The van der Waals surface area contributed by atoms with E-state index in [9.17, 15) is 4.79 Å². The van der Waals surface area contributed by atoms with Crippen LogP contribution in [0.1, 0.15) is 20.4 Å². The molecule has 4 rings (SSSR count). The molecule has 1 aliphatic rings. The number of morpholine rings is 1. The molecule has 1 saturated heterocycles. The molecule has 0 N–H and O–H groups in total. The summed E-state index contributed by atoms with van der Waals surface area (Å²) in [6.07, 6.45) is 0. The molecule has 162 valence electrons. The summed E-state index contributed by atoms with van der Waals surface area (Å²) in [5.74, 6) is 0.724. The minimum absolute atomic E-state index is 0. The predicted molar refractivity (Wildman–Crippen MR) is 124 cm³/mol. The van der Waals surface area contributed by atoms with Gasteiger partial charge in [-0.1, -0.05) is 11.3 Å². The van der Waals surface area contributed by atoms with E-state index in [0.29, 0.717) is 16.6 Å². The van der Waals surface area contributed by atoms with Gasteiger partial charge in [0.25, 0.3) is 5.91 Å². The van der Waals surface area contributed by atoms with Crippen LogP contribution in [-0.2, 0) is 4.74 Å². The number of methoxy groups -OCH3 is 1. The second-order valence-corrected chi connectivity index (χ2v) is 9.10. The maximum absolute atomic E-state index is 13.4. The van der Waals surface area contributed by atoms with Gasteiger partial charge in [-0.3, -0.25) is 14.6 Å². The Labute approximate surface area is 190 Å². The van der Waals surface area contributed by atoms with Gasteiger partial charge < -0.3 is 9.47 Å². The number of anilines is 1. The van der Waals surface area contributed by atoms with E-state index in [1.54, 1.807) is 12.0 Å². The number of amides is 1. The van der Waals surface area contributed by atoms with Gasteiger partial charge in [0.05, 0.1) is 41.2 Å². The second kappa shape index (κ2) is 10.0. The average molecular weight is 469 g/mol. The summed E-state index contributed by atoms with van der Waals surface area (Å²) >= 11 is 2.97. The van der Waals surface area contributed by atoms with Crippen molar-refractivity contribution in [2.75, 3.05) is 51.4 Å². The highest BCUT2D eigenvalue weighted by Gasteiger charge is 2.26. The number of benzene rings is 1. The number of thiazole rings is 2. The maximum atomic E-state index is 13.4. The summed E-state index contributed by atoms with van der Waals surface area (Å²) in [7, 11) is 1.64. The Bertz CT molecular complexity index is 1020. The molecule has 0 atom stereocenters. The van der Waals surface area contributed by atoms with Gasteiger partial charge in [-0.25, -0.2) is 9.97 Å². The largest absolute Gasteiger partial charge is 0.497 e. The van der Waals surface area contributed by atoms with Crippen molar-refractivity contribution in [2.24, 2.45) is 0 Å². The molecule has 0 bridgehead atoms. The van der Waals surface area contributed by atoms with E-state index in [1.807, 2.05) is 32.0 Å². The van der Waals surface area contributed by atoms with Gasteiger partial charge in [0.15, 0.2) is 5.13 Å². The number of aromatic nitrogens is 2. The number of aryl methyl sites for hydroxylation is 2. The van der Waals surface area contributed by atoms with E-state index in [-0.39, 0.29) is 18.3 Å². The standard InChI is InChI=1S/C20H24N4O3S2.ClH/c1-13-18(28-14(2)21-13)19(25)24(7-6-23-8-10-27-11-9-23)20-22-16-12-15(26-3)4-5-17(16)29-20;/h4-5,12H,6-11H2,1-3H3;1H. The van der Waals surface area contributed by atoms with Crippen molar-refractivity contribution in [1.82, 2.24) is 14.9 Å². The van der Waals surface area contributed by atoms with Crippen LogP contribution in [0.4, 0.5) is 5.13 Å². The number of rotatable bonds is 6. The third kappa shape index (κ3) is 4.92. The SMILES string of the molecule is COc1ccc2sc(N(CCN3CCOCC3)C(=O)c3sc(C)nc3C)nc2c1.Cl. The van der Waals surface area contributed by atoms with Crippen molar-refractivity contribution in [3.63, 3.8) is 0 Å². The minimum Gasteiger partial charge on any atom is -0.497 e. The zero-order chi connectivity index (χ0) is 20.4. The van der Waals surface area contributed by atoms with Crippen LogP contribution in [0, 0.1) is 13.8 Å². The normalized spacial score (nSPS) is 14.5. The van der Waals surface area contributed by atoms with Crippen molar-refractivity contribution in [2.45, 2.75) is 13.8 Å². The summed E-state index contributed by atoms with van der Waals surface area (Å²) in [4.78, 5) is 27.4. The molecule has 0 aliphatic carbocycles. The summed E-state index contributed by atoms with van der Waals surface area (Å²) < 4.78 is 11.8. The molecule has 0 radical (unpaired) electrons. The second-order valence-electron chi connectivity index (χ2n) is 6.89. The maximum Gasteiger partial charge on any atom is 0.272 e. The quantitative estimate of drug-likeness (QED) is 0.548. The summed E-state index contributed by atoms with van der Waals surface area (Å²) in [6, 6.07) is 5.81. The topological polar surface area (TPSA) is 67.8 Å². The molecule has 7 nitrogen and oxygen atoms in total. The fourth-order valence-electron chi connectivity index (χ4n) is 3.34. The molecule has 0 spiro atoms. The molecule has 0 unspecified atom stereocenters. The Morgan fingerprint density at radius 1 is 1.23 bits per heavy atom. The molecule has 1 aliphatic heterocycles. The first-order valence-corrected chi connectivity index (χ1v) is 11.2. The minimum atomic E-state index is -0.0348. The van der Waals surface area contributed by atoms with Crippen molar-refractivity contribution < 1.29 is 14.3 Å². The van der Waals surface area contributed by atoms with E-state index in [4.69, 9.17) is 14.5 Å². The lowest BCUT2D eigenvalue weighted by Gasteiger charge is -2.29. The molecule has 0 saturated carbocycles. The van der Waals surface area contributed by atoms with Crippen LogP contribution >= 0.6 is 35.1 Å². The highest BCUT2D eigenvalue weighted by Crippen LogP contribution is 2.33. The fraction of sp³-hybridized carbons (Fsp3) is 0.450. The lowest BCUT2D eigenvalue weighted by molar-refractivity contribution is 0.0391. The number of carbonyl (C=O) groups excluding carboxylic acids is 1. The van der Waals surface area contributed by atoms with Gasteiger partial charge in [-0.05, 0) is 26.0 Å². The lowest BCUT2D eigenvalue weighted by Crippen LogP contribution is -2.43. The first-order valence-electron chi connectivity index (χ1n) is 9.55. The van der Waals surface area contributed by atoms with E-state index in [1.165, 1.54) is 22.7 Å². The Balaban J connectivity index is 0.00000256. The van der Waals surface area contributed by atoms with E-state index in [0.717, 1.165) is 59.5 Å². The van der Waals surface area contributed by atoms with Gasteiger partial charge in [0.2, 0.25) is 0 Å². The van der Waals surface area contributed by atoms with Crippen LogP contribution in [0.5, 0.6) is 5.75 Å². The molecule has 1 amide bonds. The smallest absolute Gasteiger partial charge is 0.272 e. The van der Waals surface area contributed by atoms with E-state index < -0.39 is 0 Å². The lowest BCUT2D eigenvalue weighted by atomic mass is 10.3. The molecular formula is C20H25ClN4O3S2. The van der Waals surface area contributed by atoms with Crippen molar-refractivity contribution in [3.8, 4) is 5.75 Å². The Morgan fingerprint density at radius 3 is 2.67 bits per heavy atom. The average Bonchev–Trinajstić information content (AvgIpc) is 3.30. The number of fused-ring (bicyclic) bond motifs is 1. The molecule has 1 fully saturated rings.